The van der Waals surface area contributed by atoms with E-state index >= 15 is 0 Å². The molecule has 1 saturated carbocycles. The summed E-state index contributed by atoms with van der Waals surface area (Å²) >= 11 is 0. The average Bonchev–Trinajstić information content (AvgIpc) is 2.37. The van der Waals surface area contributed by atoms with E-state index in [0.717, 1.165) is 0 Å². The topological polar surface area (TPSA) is 12.0 Å². The van der Waals surface area contributed by atoms with Gasteiger partial charge in [-0.25, -0.2) is 4.39 Å². The Kier molecular flexibility index (Phi) is 5.80. The Labute approximate surface area is 129 Å². The molecule has 0 spiro atoms. The van der Waals surface area contributed by atoms with Crippen LogP contribution in [0.5, 0.6) is 0 Å². The molecule has 1 nitrogen and oxygen atoms in total. The smallest absolute Gasteiger partial charge is 0.123 e. The molecule has 1 atom stereocenters. The van der Waals surface area contributed by atoms with E-state index in [1.807, 2.05) is 12.1 Å². The van der Waals surface area contributed by atoms with Gasteiger partial charge in [-0.2, -0.15) is 0 Å². The maximum absolute atomic E-state index is 13.2. The third-order valence-electron chi connectivity index (χ3n) is 4.58. The van der Waals surface area contributed by atoms with E-state index in [1.165, 1.54) is 50.5 Å². The third-order valence-corrected chi connectivity index (χ3v) is 4.58. The highest BCUT2D eigenvalue weighted by Gasteiger charge is 2.28. The lowest BCUT2D eigenvalue weighted by Gasteiger charge is -2.36. The minimum atomic E-state index is -0.155. The van der Waals surface area contributed by atoms with Crippen molar-refractivity contribution in [1.82, 2.24) is 5.32 Å². The fourth-order valence-corrected chi connectivity index (χ4v) is 3.36. The molecular formula is C19H30FN. The highest BCUT2D eigenvalue weighted by atomic mass is 19.1. The molecule has 1 aliphatic rings. The molecule has 0 aromatic heterocycles. The van der Waals surface area contributed by atoms with Crippen LogP contribution in [0.25, 0.3) is 0 Å². The standard InChI is InChI=1S/C19H30FN/c1-19(2,3)18(15-11-13-16(20)14-12-15)21-17-9-7-5-4-6-8-10-17/h11-14,17-18,21H,4-10H2,1-3H3. The van der Waals surface area contributed by atoms with Crippen LogP contribution in [0, 0.1) is 11.2 Å². The zero-order valence-corrected chi connectivity index (χ0v) is 13.8. The van der Waals surface area contributed by atoms with Gasteiger partial charge in [-0.15, -0.1) is 0 Å². The predicted octanol–water partition coefficient (Wildman–Crippen LogP) is 5.62. The van der Waals surface area contributed by atoms with Gasteiger partial charge in [-0.1, -0.05) is 65.0 Å². The monoisotopic (exact) mass is 291 g/mol. The van der Waals surface area contributed by atoms with E-state index in [1.54, 1.807) is 12.1 Å². The van der Waals surface area contributed by atoms with Crippen LogP contribution in [0.2, 0.25) is 0 Å². The molecule has 0 aliphatic heterocycles. The summed E-state index contributed by atoms with van der Waals surface area (Å²) in [7, 11) is 0. The van der Waals surface area contributed by atoms with Crippen molar-refractivity contribution >= 4 is 0 Å². The van der Waals surface area contributed by atoms with Crippen molar-refractivity contribution in [3.8, 4) is 0 Å². The molecule has 2 heteroatoms. The molecule has 2 rings (SSSR count). The molecule has 0 heterocycles. The van der Waals surface area contributed by atoms with Gasteiger partial charge in [0.2, 0.25) is 0 Å². The molecular weight excluding hydrogens is 261 g/mol. The Morgan fingerprint density at radius 1 is 0.952 bits per heavy atom. The van der Waals surface area contributed by atoms with Crippen LogP contribution in [-0.4, -0.2) is 6.04 Å². The largest absolute Gasteiger partial charge is 0.307 e. The Hall–Kier alpha value is -0.890. The lowest BCUT2D eigenvalue weighted by atomic mass is 9.81. The van der Waals surface area contributed by atoms with E-state index in [0.29, 0.717) is 6.04 Å². The number of hydrogen-bond acceptors (Lipinski definition) is 1. The normalized spacial score (nSPS) is 19.8. The highest BCUT2D eigenvalue weighted by Crippen LogP contribution is 2.34. The first kappa shape index (κ1) is 16.5. The van der Waals surface area contributed by atoms with Crippen molar-refractivity contribution in [2.45, 2.75) is 77.8 Å². The summed E-state index contributed by atoms with van der Waals surface area (Å²) in [6, 6.07) is 7.89. The van der Waals surface area contributed by atoms with E-state index < -0.39 is 0 Å². The van der Waals surface area contributed by atoms with Gasteiger partial charge in [0.05, 0.1) is 0 Å². The van der Waals surface area contributed by atoms with Crippen molar-refractivity contribution < 1.29 is 4.39 Å². The van der Waals surface area contributed by atoms with Crippen LogP contribution >= 0.6 is 0 Å². The summed E-state index contributed by atoms with van der Waals surface area (Å²) in [5, 5.41) is 3.88. The van der Waals surface area contributed by atoms with Gasteiger partial charge in [0.25, 0.3) is 0 Å². The van der Waals surface area contributed by atoms with Gasteiger partial charge in [0, 0.05) is 12.1 Å². The molecule has 1 aromatic carbocycles. The third kappa shape index (κ3) is 5.10. The van der Waals surface area contributed by atoms with Gasteiger partial charge >= 0.3 is 0 Å². The first-order chi connectivity index (χ1) is 9.97. The average molecular weight is 291 g/mol. The predicted molar refractivity (Wildman–Crippen MR) is 87.8 cm³/mol. The number of nitrogens with one attached hydrogen (secondary N) is 1. The van der Waals surface area contributed by atoms with Crippen LogP contribution in [-0.2, 0) is 0 Å². The summed E-state index contributed by atoms with van der Waals surface area (Å²) in [4.78, 5) is 0. The zero-order valence-electron chi connectivity index (χ0n) is 13.8. The van der Waals surface area contributed by atoms with Crippen LogP contribution in [0.1, 0.15) is 77.3 Å². The molecule has 1 aromatic rings. The van der Waals surface area contributed by atoms with Crippen molar-refractivity contribution in [2.75, 3.05) is 0 Å². The Morgan fingerprint density at radius 3 is 2.00 bits per heavy atom. The quantitative estimate of drug-likeness (QED) is 0.762. The fourth-order valence-electron chi connectivity index (χ4n) is 3.36. The molecule has 0 radical (unpaired) electrons. The van der Waals surface area contributed by atoms with Crippen molar-refractivity contribution in [3.63, 3.8) is 0 Å². The van der Waals surface area contributed by atoms with Crippen LogP contribution in [0.3, 0.4) is 0 Å². The molecule has 0 saturated heterocycles. The second-order valence-corrected chi connectivity index (χ2v) is 7.56. The summed E-state index contributed by atoms with van der Waals surface area (Å²) in [5.74, 6) is -0.155. The second-order valence-electron chi connectivity index (χ2n) is 7.56. The van der Waals surface area contributed by atoms with Crippen LogP contribution in [0.15, 0.2) is 24.3 Å². The molecule has 21 heavy (non-hydrogen) atoms. The van der Waals surface area contributed by atoms with Crippen LogP contribution in [0.4, 0.5) is 4.39 Å². The summed E-state index contributed by atoms with van der Waals surface area (Å²) < 4.78 is 13.2. The zero-order chi connectivity index (χ0) is 15.3. The van der Waals surface area contributed by atoms with Gasteiger partial charge < -0.3 is 5.32 Å². The van der Waals surface area contributed by atoms with Crippen molar-refractivity contribution in [2.24, 2.45) is 5.41 Å². The summed E-state index contributed by atoms with van der Waals surface area (Å²) in [6.07, 6.45) is 9.34. The number of benzene rings is 1. The summed E-state index contributed by atoms with van der Waals surface area (Å²) in [5.41, 5.74) is 1.33. The minimum Gasteiger partial charge on any atom is -0.307 e. The van der Waals surface area contributed by atoms with E-state index in [4.69, 9.17) is 0 Å². The lowest BCUT2D eigenvalue weighted by molar-refractivity contribution is 0.231. The molecule has 0 bridgehead atoms. The Balaban J connectivity index is 2.10. The first-order valence-electron chi connectivity index (χ1n) is 8.48. The number of rotatable bonds is 3. The Morgan fingerprint density at radius 2 is 1.48 bits per heavy atom. The maximum atomic E-state index is 13.2. The molecule has 1 fully saturated rings. The summed E-state index contributed by atoms with van der Waals surface area (Å²) in [6.45, 7) is 6.78. The highest BCUT2D eigenvalue weighted by molar-refractivity contribution is 5.22. The van der Waals surface area contributed by atoms with Gasteiger partial charge in [0.1, 0.15) is 5.82 Å². The van der Waals surface area contributed by atoms with E-state index in [9.17, 15) is 4.39 Å². The molecule has 1 unspecified atom stereocenters. The number of hydrogen-bond donors (Lipinski definition) is 1. The molecule has 0 amide bonds. The van der Waals surface area contributed by atoms with Crippen molar-refractivity contribution in [1.29, 1.82) is 0 Å². The molecule has 1 aliphatic carbocycles. The lowest BCUT2D eigenvalue weighted by Crippen LogP contribution is -2.39. The van der Waals surface area contributed by atoms with Gasteiger partial charge in [-0.3, -0.25) is 0 Å². The second kappa shape index (κ2) is 7.40. The van der Waals surface area contributed by atoms with Crippen LogP contribution < -0.4 is 5.32 Å². The van der Waals surface area contributed by atoms with E-state index in [2.05, 4.69) is 26.1 Å². The fraction of sp³-hybridized carbons (Fsp3) is 0.684. The van der Waals surface area contributed by atoms with E-state index in [-0.39, 0.29) is 17.3 Å². The van der Waals surface area contributed by atoms with Gasteiger partial charge in [0.15, 0.2) is 0 Å². The molecule has 1 N–H and O–H groups in total. The minimum absolute atomic E-state index is 0.125. The van der Waals surface area contributed by atoms with Gasteiger partial charge in [-0.05, 0) is 36.0 Å². The SMILES string of the molecule is CC(C)(C)C(NC1CCCCCCC1)c1ccc(F)cc1. The number of halogens is 1. The van der Waals surface area contributed by atoms with Crippen molar-refractivity contribution in [3.05, 3.63) is 35.6 Å². The molecule has 118 valence electrons. The first-order valence-corrected chi connectivity index (χ1v) is 8.48. The Bertz CT molecular complexity index is 410. The maximum Gasteiger partial charge on any atom is 0.123 e.